The van der Waals surface area contributed by atoms with Gasteiger partial charge in [0.1, 0.15) is 0 Å². The van der Waals surface area contributed by atoms with E-state index < -0.39 is 0 Å². The lowest BCUT2D eigenvalue weighted by molar-refractivity contribution is -0.127. The molecule has 0 bridgehead atoms. The van der Waals surface area contributed by atoms with Gasteiger partial charge in [-0.2, -0.15) is 0 Å². The minimum Gasteiger partial charge on any atom is -0.493 e. The van der Waals surface area contributed by atoms with Crippen LogP contribution in [0.2, 0.25) is 0 Å². The highest BCUT2D eigenvalue weighted by molar-refractivity contribution is 7.12. The standard InChI is InChI=1S/C22H27N3O4S/c1-28-18-7-5-17(16-19(18)29-2)6-8-21(26)25-13-11-24(12-14-25)10-9-23-22(27)20-4-3-15-30-20/h3-8,15-16H,9-14H2,1-2H3,(H,23,27)/b8-6+. The van der Waals surface area contributed by atoms with E-state index in [2.05, 4.69) is 10.2 Å². The van der Waals surface area contributed by atoms with Crippen molar-refractivity contribution in [2.24, 2.45) is 0 Å². The Morgan fingerprint density at radius 2 is 1.87 bits per heavy atom. The fourth-order valence-corrected chi connectivity index (χ4v) is 3.88. The van der Waals surface area contributed by atoms with Crippen LogP contribution in [0.1, 0.15) is 15.2 Å². The number of carbonyl (C=O) groups excluding carboxylic acids is 2. The second-order valence-electron chi connectivity index (χ2n) is 6.85. The Hall–Kier alpha value is -2.84. The quantitative estimate of drug-likeness (QED) is 0.653. The lowest BCUT2D eigenvalue weighted by Gasteiger charge is -2.34. The van der Waals surface area contributed by atoms with Crippen LogP contribution in [0.4, 0.5) is 0 Å². The van der Waals surface area contributed by atoms with Crippen LogP contribution in [0.3, 0.4) is 0 Å². The van der Waals surface area contributed by atoms with Gasteiger partial charge in [-0.25, -0.2) is 0 Å². The molecule has 0 unspecified atom stereocenters. The predicted molar refractivity (Wildman–Crippen MR) is 118 cm³/mol. The summed E-state index contributed by atoms with van der Waals surface area (Å²) in [6.45, 7) is 4.32. The average Bonchev–Trinajstić information content (AvgIpc) is 3.32. The van der Waals surface area contributed by atoms with E-state index in [0.29, 0.717) is 31.1 Å². The molecule has 0 aliphatic carbocycles. The minimum atomic E-state index is -0.0286. The van der Waals surface area contributed by atoms with Crippen LogP contribution in [-0.2, 0) is 4.79 Å². The number of amides is 2. The first-order chi connectivity index (χ1) is 14.6. The highest BCUT2D eigenvalue weighted by Gasteiger charge is 2.19. The summed E-state index contributed by atoms with van der Waals surface area (Å²) < 4.78 is 10.5. The Morgan fingerprint density at radius 1 is 1.10 bits per heavy atom. The maximum atomic E-state index is 12.5. The Labute approximate surface area is 180 Å². The SMILES string of the molecule is COc1ccc(/C=C/C(=O)N2CCN(CCNC(=O)c3cccs3)CC2)cc1OC. The van der Waals surface area contributed by atoms with Crippen molar-refractivity contribution in [3.05, 3.63) is 52.2 Å². The first-order valence-electron chi connectivity index (χ1n) is 9.84. The van der Waals surface area contributed by atoms with Crippen molar-refractivity contribution in [2.45, 2.75) is 0 Å². The van der Waals surface area contributed by atoms with Gasteiger partial charge in [0, 0.05) is 45.3 Å². The highest BCUT2D eigenvalue weighted by atomic mass is 32.1. The smallest absolute Gasteiger partial charge is 0.261 e. The molecule has 30 heavy (non-hydrogen) atoms. The van der Waals surface area contributed by atoms with E-state index in [4.69, 9.17) is 9.47 Å². The van der Waals surface area contributed by atoms with Gasteiger partial charge in [-0.1, -0.05) is 12.1 Å². The summed E-state index contributed by atoms with van der Waals surface area (Å²) in [5, 5.41) is 4.83. The second kappa shape index (κ2) is 10.8. The number of methoxy groups -OCH3 is 2. The van der Waals surface area contributed by atoms with Crippen molar-refractivity contribution in [3.63, 3.8) is 0 Å². The molecule has 2 heterocycles. The number of hydrogen-bond donors (Lipinski definition) is 1. The maximum absolute atomic E-state index is 12.5. The first kappa shape index (κ1) is 21.9. The van der Waals surface area contributed by atoms with E-state index >= 15 is 0 Å². The number of carbonyl (C=O) groups is 2. The summed E-state index contributed by atoms with van der Waals surface area (Å²) in [6, 6.07) is 9.23. The molecule has 1 aliphatic heterocycles. The first-order valence-corrected chi connectivity index (χ1v) is 10.7. The molecule has 0 radical (unpaired) electrons. The van der Waals surface area contributed by atoms with Crippen molar-refractivity contribution in [3.8, 4) is 11.5 Å². The molecule has 1 aromatic carbocycles. The molecule has 1 N–H and O–H groups in total. The molecule has 2 aromatic rings. The summed E-state index contributed by atoms with van der Waals surface area (Å²) in [5.74, 6) is 1.25. The summed E-state index contributed by atoms with van der Waals surface area (Å²) in [6.07, 6.45) is 3.38. The number of thiophene rings is 1. The lowest BCUT2D eigenvalue weighted by atomic mass is 10.2. The van der Waals surface area contributed by atoms with Gasteiger partial charge >= 0.3 is 0 Å². The van der Waals surface area contributed by atoms with Crippen molar-refractivity contribution in [2.75, 3.05) is 53.5 Å². The number of ether oxygens (including phenoxy) is 2. The highest BCUT2D eigenvalue weighted by Crippen LogP contribution is 2.28. The Bertz CT molecular complexity index is 875. The molecule has 1 aliphatic rings. The largest absolute Gasteiger partial charge is 0.493 e. The van der Waals surface area contributed by atoms with Gasteiger partial charge in [0.25, 0.3) is 5.91 Å². The predicted octanol–water partition coefficient (Wildman–Crippen LogP) is 2.35. The van der Waals surface area contributed by atoms with Crippen LogP contribution in [-0.4, -0.2) is 75.1 Å². The third kappa shape index (κ3) is 5.84. The van der Waals surface area contributed by atoms with Crippen molar-refractivity contribution in [1.82, 2.24) is 15.1 Å². The van der Waals surface area contributed by atoms with E-state index in [-0.39, 0.29) is 11.8 Å². The fraction of sp³-hybridized carbons (Fsp3) is 0.364. The molecular weight excluding hydrogens is 402 g/mol. The summed E-state index contributed by atoms with van der Waals surface area (Å²) >= 11 is 1.44. The van der Waals surface area contributed by atoms with Crippen LogP contribution in [0, 0.1) is 0 Å². The zero-order chi connectivity index (χ0) is 21.3. The average molecular weight is 430 g/mol. The van der Waals surface area contributed by atoms with E-state index in [1.54, 1.807) is 26.4 Å². The topological polar surface area (TPSA) is 71.1 Å². The van der Waals surface area contributed by atoms with Crippen LogP contribution in [0.25, 0.3) is 6.08 Å². The van der Waals surface area contributed by atoms with Crippen molar-refractivity contribution in [1.29, 1.82) is 0 Å². The van der Waals surface area contributed by atoms with Crippen LogP contribution >= 0.6 is 11.3 Å². The molecule has 3 rings (SSSR count). The summed E-state index contributed by atoms with van der Waals surface area (Å²) in [7, 11) is 3.18. The molecule has 1 fully saturated rings. The molecule has 1 aromatic heterocycles. The molecule has 1 saturated heterocycles. The van der Waals surface area contributed by atoms with E-state index in [1.165, 1.54) is 11.3 Å². The Kier molecular flexibility index (Phi) is 7.87. The molecule has 160 valence electrons. The third-order valence-corrected chi connectivity index (χ3v) is 5.84. The van der Waals surface area contributed by atoms with Gasteiger partial charge in [0.05, 0.1) is 19.1 Å². The number of piperazine rings is 1. The fourth-order valence-electron chi connectivity index (χ4n) is 3.24. The minimum absolute atomic E-state index is 0.00423. The van der Waals surface area contributed by atoms with Crippen molar-refractivity contribution < 1.29 is 19.1 Å². The van der Waals surface area contributed by atoms with E-state index in [1.807, 2.05) is 40.6 Å². The zero-order valence-corrected chi connectivity index (χ0v) is 18.1. The van der Waals surface area contributed by atoms with Crippen LogP contribution < -0.4 is 14.8 Å². The number of nitrogens with one attached hydrogen (secondary N) is 1. The van der Waals surface area contributed by atoms with Gasteiger partial charge in [0.2, 0.25) is 5.91 Å². The number of benzene rings is 1. The molecule has 8 heteroatoms. The normalized spacial score (nSPS) is 14.7. The number of rotatable bonds is 8. The van der Waals surface area contributed by atoms with E-state index in [0.717, 1.165) is 30.1 Å². The van der Waals surface area contributed by atoms with Crippen LogP contribution in [0.5, 0.6) is 11.5 Å². The van der Waals surface area contributed by atoms with Gasteiger partial charge < -0.3 is 19.7 Å². The molecule has 2 amide bonds. The lowest BCUT2D eigenvalue weighted by Crippen LogP contribution is -2.49. The van der Waals surface area contributed by atoms with Gasteiger partial charge in [0.15, 0.2) is 11.5 Å². The molecular formula is C22H27N3O4S. The maximum Gasteiger partial charge on any atom is 0.261 e. The summed E-state index contributed by atoms with van der Waals surface area (Å²) in [5.41, 5.74) is 0.876. The Morgan fingerprint density at radius 3 is 2.53 bits per heavy atom. The van der Waals surface area contributed by atoms with Gasteiger partial charge in [-0.05, 0) is 35.2 Å². The number of nitrogens with zero attached hydrogens (tertiary/aromatic N) is 2. The zero-order valence-electron chi connectivity index (χ0n) is 17.3. The second-order valence-corrected chi connectivity index (χ2v) is 7.80. The molecule has 0 spiro atoms. The van der Waals surface area contributed by atoms with E-state index in [9.17, 15) is 9.59 Å². The molecule has 0 atom stereocenters. The summed E-state index contributed by atoms with van der Waals surface area (Å²) in [4.78, 5) is 29.3. The van der Waals surface area contributed by atoms with Gasteiger partial charge in [-0.3, -0.25) is 14.5 Å². The van der Waals surface area contributed by atoms with Crippen LogP contribution in [0.15, 0.2) is 41.8 Å². The number of hydrogen-bond acceptors (Lipinski definition) is 6. The van der Waals surface area contributed by atoms with Crippen molar-refractivity contribution >= 4 is 29.2 Å². The third-order valence-electron chi connectivity index (χ3n) is 4.97. The molecule has 0 saturated carbocycles. The van der Waals surface area contributed by atoms with Gasteiger partial charge in [-0.15, -0.1) is 11.3 Å². The molecule has 7 nitrogen and oxygen atoms in total. The monoisotopic (exact) mass is 429 g/mol. The Balaban J connectivity index is 1.41.